The molecule has 1 nitrogen and oxygen atoms in total. The maximum Gasteiger partial charge on any atom is 0.0459 e. The van der Waals surface area contributed by atoms with E-state index < -0.39 is 0 Å². The molecule has 1 N–H and O–H groups in total. The zero-order valence-corrected chi connectivity index (χ0v) is 9.40. The van der Waals surface area contributed by atoms with Crippen LogP contribution in [0.3, 0.4) is 0 Å². The van der Waals surface area contributed by atoms with Crippen LogP contribution in [0.5, 0.6) is 0 Å². The lowest BCUT2D eigenvalue weighted by Gasteiger charge is -2.11. The number of hydrogen-bond acceptors (Lipinski definition) is 1. The van der Waals surface area contributed by atoms with Gasteiger partial charge in [-0.3, -0.25) is 0 Å². The lowest BCUT2D eigenvalue weighted by molar-refractivity contribution is 1.45. The highest BCUT2D eigenvalue weighted by Gasteiger charge is 2.04. The molecule has 2 rings (SSSR count). The van der Waals surface area contributed by atoms with Crippen molar-refractivity contribution in [3.8, 4) is 11.1 Å². The summed E-state index contributed by atoms with van der Waals surface area (Å²) in [6.07, 6.45) is 1.71. The second-order valence-corrected chi connectivity index (χ2v) is 3.71. The lowest BCUT2D eigenvalue weighted by atomic mass is 9.99. The van der Waals surface area contributed by atoms with E-state index in [9.17, 15) is 0 Å². The second kappa shape index (κ2) is 4.67. The molecule has 0 saturated heterocycles. The molecule has 0 bridgehead atoms. The van der Waals surface area contributed by atoms with Crippen LogP contribution in [0.15, 0.2) is 61.3 Å². The van der Waals surface area contributed by atoms with Gasteiger partial charge in [0.05, 0.1) is 0 Å². The maximum absolute atomic E-state index is 3.70. The average Bonchev–Trinajstić information content (AvgIpc) is 2.31. The second-order valence-electron chi connectivity index (χ2n) is 3.71. The van der Waals surface area contributed by atoms with E-state index in [1.54, 1.807) is 6.20 Å². The molecule has 0 aliphatic carbocycles. The molecule has 0 aliphatic heterocycles. The summed E-state index contributed by atoms with van der Waals surface area (Å²) in [5.74, 6) is 0. The van der Waals surface area contributed by atoms with E-state index in [4.69, 9.17) is 0 Å². The first-order valence-electron chi connectivity index (χ1n) is 5.35. The van der Waals surface area contributed by atoms with E-state index in [2.05, 4.69) is 61.3 Å². The first-order valence-corrected chi connectivity index (χ1v) is 5.35. The Labute approximate surface area is 96.4 Å². The van der Waals surface area contributed by atoms with Gasteiger partial charge in [-0.05, 0) is 30.3 Å². The fourth-order valence-corrected chi connectivity index (χ4v) is 1.83. The van der Waals surface area contributed by atoms with E-state index in [-0.39, 0.29) is 0 Å². The van der Waals surface area contributed by atoms with Crippen LogP contribution in [0.4, 0.5) is 5.69 Å². The molecular formula is C15H15N. The fourth-order valence-electron chi connectivity index (χ4n) is 1.83. The van der Waals surface area contributed by atoms with Gasteiger partial charge in [-0.25, -0.2) is 0 Å². The van der Waals surface area contributed by atoms with Gasteiger partial charge in [0.2, 0.25) is 0 Å². The van der Waals surface area contributed by atoms with E-state index >= 15 is 0 Å². The Morgan fingerprint density at radius 1 is 0.938 bits per heavy atom. The van der Waals surface area contributed by atoms with Crippen LogP contribution in [0, 0.1) is 6.92 Å². The Bertz CT molecular complexity index is 500. The van der Waals surface area contributed by atoms with Gasteiger partial charge in [-0.15, -0.1) is 0 Å². The quantitative estimate of drug-likeness (QED) is 0.798. The molecule has 0 fully saturated rings. The molecule has 0 spiro atoms. The summed E-state index contributed by atoms with van der Waals surface area (Å²) in [7, 11) is 0. The summed E-state index contributed by atoms with van der Waals surface area (Å²) in [5.41, 5.74) is 4.83. The molecule has 0 aliphatic rings. The smallest absolute Gasteiger partial charge is 0.0459 e. The number of aryl methyl sites for hydroxylation is 1. The maximum atomic E-state index is 3.70. The van der Waals surface area contributed by atoms with E-state index in [1.807, 2.05) is 6.07 Å². The van der Waals surface area contributed by atoms with Gasteiger partial charge >= 0.3 is 0 Å². The van der Waals surface area contributed by atoms with Crippen LogP contribution >= 0.6 is 0 Å². The molecular weight excluding hydrogens is 194 g/mol. The van der Waals surface area contributed by atoms with E-state index in [1.165, 1.54) is 16.7 Å². The number of para-hydroxylation sites is 1. The number of benzene rings is 2. The Hall–Kier alpha value is -2.02. The van der Waals surface area contributed by atoms with Crippen molar-refractivity contribution in [1.82, 2.24) is 0 Å². The molecule has 80 valence electrons. The zero-order chi connectivity index (χ0) is 11.4. The minimum absolute atomic E-state index is 1.09. The Balaban J connectivity index is 2.55. The first-order chi connectivity index (χ1) is 7.83. The molecule has 0 saturated carbocycles. The average molecular weight is 209 g/mol. The predicted molar refractivity (Wildman–Crippen MR) is 70.4 cm³/mol. The lowest BCUT2D eigenvalue weighted by Crippen LogP contribution is -1.91. The highest BCUT2D eigenvalue weighted by Crippen LogP contribution is 2.29. The van der Waals surface area contributed by atoms with Crippen molar-refractivity contribution in [2.75, 3.05) is 5.32 Å². The van der Waals surface area contributed by atoms with Crippen LogP contribution in [-0.4, -0.2) is 0 Å². The van der Waals surface area contributed by atoms with Crippen molar-refractivity contribution < 1.29 is 0 Å². The predicted octanol–water partition coefficient (Wildman–Crippen LogP) is 4.22. The number of hydrogen-bond donors (Lipinski definition) is 1. The van der Waals surface area contributed by atoms with Gasteiger partial charge in [-0.2, -0.15) is 0 Å². The van der Waals surface area contributed by atoms with Crippen molar-refractivity contribution in [3.63, 3.8) is 0 Å². The van der Waals surface area contributed by atoms with Gasteiger partial charge in [0, 0.05) is 11.3 Å². The van der Waals surface area contributed by atoms with E-state index in [0.717, 1.165) is 5.69 Å². The van der Waals surface area contributed by atoms with Crippen LogP contribution in [-0.2, 0) is 0 Å². The largest absolute Gasteiger partial charge is 0.362 e. The first kappa shape index (κ1) is 10.5. The molecule has 2 aromatic carbocycles. The number of anilines is 1. The van der Waals surface area contributed by atoms with Crippen molar-refractivity contribution >= 4 is 5.69 Å². The molecule has 2 aromatic rings. The summed E-state index contributed by atoms with van der Waals surface area (Å²) in [6, 6.07) is 16.6. The summed E-state index contributed by atoms with van der Waals surface area (Å²) in [6.45, 7) is 5.83. The standard InChI is InChI=1S/C15H15N/c1-3-16-15-11-7-6-10-14(15)13-9-5-4-8-12(13)2/h3-11,16H,1H2,2H3. The molecule has 0 atom stereocenters. The molecule has 0 radical (unpaired) electrons. The zero-order valence-electron chi connectivity index (χ0n) is 9.40. The van der Waals surface area contributed by atoms with Crippen molar-refractivity contribution in [1.29, 1.82) is 0 Å². The Morgan fingerprint density at radius 3 is 2.25 bits per heavy atom. The SMILES string of the molecule is C=CNc1ccccc1-c1ccccc1C. The Morgan fingerprint density at radius 2 is 1.56 bits per heavy atom. The van der Waals surface area contributed by atoms with Crippen molar-refractivity contribution in [2.45, 2.75) is 6.92 Å². The van der Waals surface area contributed by atoms with Crippen molar-refractivity contribution in [2.24, 2.45) is 0 Å². The van der Waals surface area contributed by atoms with Gasteiger partial charge in [-0.1, -0.05) is 49.0 Å². The van der Waals surface area contributed by atoms with Crippen molar-refractivity contribution in [3.05, 3.63) is 66.9 Å². The summed E-state index contributed by atoms with van der Waals surface area (Å²) < 4.78 is 0. The monoisotopic (exact) mass is 209 g/mol. The highest BCUT2D eigenvalue weighted by molar-refractivity contribution is 5.80. The molecule has 0 heterocycles. The summed E-state index contributed by atoms with van der Waals surface area (Å²) >= 11 is 0. The highest BCUT2D eigenvalue weighted by atomic mass is 14.8. The third-order valence-electron chi connectivity index (χ3n) is 2.62. The van der Waals surface area contributed by atoms with Crippen LogP contribution in [0.2, 0.25) is 0 Å². The molecule has 0 unspecified atom stereocenters. The molecule has 16 heavy (non-hydrogen) atoms. The van der Waals surface area contributed by atoms with Crippen LogP contribution in [0.25, 0.3) is 11.1 Å². The number of nitrogens with one attached hydrogen (secondary N) is 1. The molecule has 0 aromatic heterocycles. The fraction of sp³-hybridized carbons (Fsp3) is 0.0667. The Kier molecular flexibility index (Phi) is 3.06. The summed E-state index contributed by atoms with van der Waals surface area (Å²) in [5, 5.41) is 3.17. The van der Waals surface area contributed by atoms with Gasteiger partial charge in [0.1, 0.15) is 0 Å². The normalized spacial score (nSPS) is 9.81. The van der Waals surface area contributed by atoms with Crippen LogP contribution < -0.4 is 5.32 Å². The van der Waals surface area contributed by atoms with Gasteiger partial charge in [0.25, 0.3) is 0 Å². The topological polar surface area (TPSA) is 12.0 Å². The minimum atomic E-state index is 1.09. The minimum Gasteiger partial charge on any atom is -0.362 e. The molecule has 1 heteroatoms. The van der Waals surface area contributed by atoms with Gasteiger partial charge in [0.15, 0.2) is 0 Å². The third-order valence-corrected chi connectivity index (χ3v) is 2.62. The number of rotatable bonds is 3. The molecule has 0 amide bonds. The van der Waals surface area contributed by atoms with Gasteiger partial charge < -0.3 is 5.32 Å². The summed E-state index contributed by atoms with van der Waals surface area (Å²) in [4.78, 5) is 0. The van der Waals surface area contributed by atoms with Crippen LogP contribution in [0.1, 0.15) is 5.56 Å². The third kappa shape index (κ3) is 1.98. The van der Waals surface area contributed by atoms with E-state index in [0.29, 0.717) is 0 Å².